The molecule has 1 aromatic rings. The van der Waals surface area contributed by atoms with Crippen molar-refractivity contribution in [1.29, 1.82) is 0 Å². The first-order valence-corrected chi connectivity index (χ1v) is 5.61. The maximum absolute atomic E-state index is 12.9. The minimum absolute atomic E-state index is 0.0253. The summed E-state index contributed by atoms with van der Waals surface area (Å²) >= 11 is 0. The second kappa shape index (κ2) is 6.18. The van der Waals surface area contributed by atoms with Crippen molar-refractivity contribution in [2.24, 2.45) is 0 Å². The van der Waals surface area contributed by atoms with Crippen LogP contribution in [-0.2, 0) is 4.79 Å². The van der Waals surface area contributed by atoms with Crippen molar-refractivity contribution in [3.8, 4) is 0 Å². The number of anilines is 2. The lowest BCUT2D eigenvalue weighted by Gasteiger charge is -2.22. The van der Waals surface area contributed by atoms with Crippen LogP contribution in [0.5, 0.6) is 0 Å². The molecule has 0 radical (unpaired) electrons. The third kappa shape index (κ3) is 3.58. The molecule has 0 unspecified atom stereocenters. The topological polar surface area (TPSA) is 58.4 Å². The molecule has 0 bridgehead atoms. The molecule has 0 saturated carbocycles. The van der Waals surface area contributed by atoms with E-state index in [2.05, 4.69) is 5.32 Å². The van der Waals surface area contributed by atoms with E-state index in [0.29, 0.717) is 12.2 Å². The number of benzene rings is 1. The summed E-state index contributed by atoms with van der Waals surface area (Å²) in [5.74, 6) is -0.211. The molecule has 1 amide bonds. The molecule has 0 fully saturated rings. The van der Waals surface area contributed by atoms with E-state index < -0.39 is 6.43 Å². The van der Waals surface area contributed by atoms with Gasteiger partial charge in [-0.05, 0) is 25.1 Å². The number of halogens is 2. The highest BCUT2D eigenvalue weighted by atomic mass is 19.3. The number of carbonyl (C=O) groups is 1. The first-order chi connectivity index (χ1) is 8.45. The molecule has 0 spiro atoms. The van der Waals surface area contributed by atoms with Crippen molar-refractivity contribution >= 4 is 17.3 Å². The van der Waals surface area contributed by atoms with Crippen LogP contribution in [0.25, 0.3) is 0 Å². The van der Waals surface area contributed by atoms with E-state index in [1.807, 2.05) is 0 Å². The standard InChI is InChI=1S/C12H17F2N3O/c1-3-16-11(18)7-17(2)10-5-4-8(15)6-9(10)12(13)14/h4-6,12H,3,7,15H2,1-2H3,(H,16,18). The number of carbonyl (C=O) groups excluding carboxylic acids is 1. The Bertz CT molecular complexity index is 424. The van der Waals surface area contributed by atoms with E-state index in [1.54, 1.807) is 14.0 Å². The molecule has 0 saturated heterocycles. The maximum Gasteiger partial charge on any atom is 0.265 e. The van der Waals surface area contributed by atoms with Crippen LogP contribution in [0.4, 0.5) is 20.2 Å². The minimum Gasteiger partial charge on any atom is -0.399 e. The minimum atomic E-state index is -2.62. The number of rotatable bonds is 5. The smallest absolute Gasteiger partial charge is 0.265 e. The second-order valence-electron chi connectivity index (χ2n) is 3.93. The van der Waals surface area contributed by atoms with Crippen molar-refractivity contribution in [3.63, 3.8) is 0 Å². The van der Waals surface area contributed by atoms with Gasteiger partial charge in [0.2, 0.25) is 5.91 Å². The Labute approximate surface area is 105 Å². The molecule has 1 aromatic carbocycles. The number of likely N-dealkylation sites (N-methyl/N-ethyl adjacent to an activating group) is 2. The summed E-state index contributed by atoms with van der Waals surface area (Å²) in [7, 11) is 1.59. The summed E-state index contributed by atoms with van der Waals surface area (Å²) in [6.07, 6.45) is -2.62. The number of nitrogen functional groups attached to an aromatic ring is 1. The molecular formula is C12H17F2N3O. The summed E-state index contributed by atoms with van der Waals surface area (Å²) in [5.41, 5.74) is 5.91. The Morgan fingerprint density at radius 2 is 2.17 bits per heavy atom. The van der Waals surface area contributed by atoms with Crippen LogP contribution in [0.1, 0.15) is 18.9 Å². The largest absolute Gasteiger partial charge is 0.399 e. The van der Waals surface area contributed by atoms with Gasteiger partial charge in [0.05, 0.1) is 6.54 Å². The molecule has 0 aliphatic carbocycles. The quantitative estimate of drug-likeness (QED) is 0.790. The number of nitrogens with zero attached hydrogens (tertiary/aromatic N) is 1. The summed E-state index contributed by atoms with van der Waals surface area (Å²) < 4.78 is 25.7. The van der Waals surface area contributed by atoms with Gasteiger partial charge in [-0.2, -0.15) is 0 Å². The van der Waals surface area contributed by atoms with E-state index in [-0.39, 0.29) is 23.7 Å². The Kier molecular flexibility index (Phi) is 4.88. The highest BCUT2D eigenvalue weighted by Gasteiger charge is 2.17. The van der Waals surface area contributed by atoms with Crippen LogP contribution < -0.4 is 16.0 Å². The van der Waals surface area contributed by atoms with Crippen molar-refractivity contribution in [3.05, 3.63) is 23.8 Å². The van der Waals surface area contributed by atoms with Gasteiger partial charge >= 0.3 is 0 Å². The molecule has 0 atom stereocenters. The molecule has 0 aromatic heterocycles. The lowest BCUT2D eigenvalue weighted by Crippen LogP contribution is -2.35. The number of nitrogens with one attached hydrogen (secondary N) is 1. The highest BCUT2D eigenvalue weighted by molar-refractivity contribution is 5.81. The van der Waals surface area contributed by atoms with Gasteiger partial charge in [0, 0.05) is 30.5 Å². The molecule has 0 aliphatic heterocycles. The van der Waals surface area contributed by atoms with E-state index in [1.165, 1.54) is 23.1 Å². The molecular weight excluding hydrogens is 240 g/mol. The molecule has 3 N–H and O–H groups in total. The van der Waals surface area contributed by atoms with Gasteiger partial charge < -0.3 is 16.0 Å². The fourth-order valence-electron chi connectivity index (χ4n) is 1.65. The third-order valence-corrected chi connectivity index (χ3v) is 2.45. The molecule has 100 valence electrons. The second-order valence-corrected chi connectivity index (χ2v) is 3.93. The molecule has 0 heterocycles. The fourth-order valence-corrected chi connectivity index (χ4v) is 1.65. The molecule has 0 aliphatic rings. The van der Waals surface area contributed by atoms with Crippen molar-refractivity contribution in [2.45, 2.75) is 13.3 Å². The predicted molar refractivity (Wildman–Crippen MR) is 67.8 cm³/mol. The number of nitrogens with two attached hydrogens (primary N) is 1. The van der Waals surface area contributed by atoms with Crippen molar-refractivity contribution < 1.29 is 13.6 Å². The van der Waals surface area contributed by atoms with Gasteiger partial charge in [-0.3, -0.25) is 4.79 Å². The number of amides is 1. The summed E-state index contributed by atoms with van der Waals surface area (Å²) in [6.45, 7) is 2.33. The molecule has 18 heavy (non-hydrogen) atoms. The average Bonchev–Trinajstić information content (AvgIpc) is 2.28. The summed E-state index contributed by atoms with van der Waals surface area (Å²) in [4.78, 5) is 12.9. The SMILES string of the molecule is CCNC(=O)CN(C)c1ccc(N)cc1C(F)F. The third-order valence-electron chi connectivity index (χ3n) is 2.45. The molecule has 6 heteroatoms. The molecule has 4 nitrogen and oxygen atoms in total. The number of hydrogen-bond donors (Lipinski definition) is 2. The van der Waals surface area contributed by atoms with Gasteiger partial charge in [0.25, 0.3) is 6.43 Å². The summed E-state index contributed by atoms with van der Waals surface area (Å²) in [6, 6.07) is 4.26. The Hall–Kier alpha value is -1.85. The number of hydrogen-bond acceptors (Lipinski definition) is 3. The highest BCUT2D eigenvalue weighted by Crippen LogP contribution is 2.30. The van der Waals surface area contributed by atoms with E-state index in [4.69, 9.17) is 5.73 Å². The van der Waals surface area contributed by atoms with Gasteiger partial charge in [-0.15, -0.1) is 0 Å². The lowest BCUT2D eigenvalue weighted by atomic mass is 10.1. The van der Waals surface area contributed by atoms with E-state index in [9.17, 15) is 13.6 Å². The normalized spacial score (nSPS) is 10.5. The van der Waals surface area contributed by atoms with Crippen LogP contribution >= 0.6 is 0 Å². The van der Waals surface area contributed by atoms with E-state index in [0.717, 1.165) is 0 Å². The molecule has 1 rings (SSSR count). The average molecular weight is 257 g/mol. The number of alkyl halides is 2. The van der Waals surface area contributed by atoms with E-state index >= 15 is 0 Å². The zero-order chi connectivity index (χ0) is 13.7. The van der Waals surface area contributed by atoms with Crippen molar-refractivity contribution in [1.82, 2.24) is 5.32 Å². The predicted octanol–water partition coefficient (Wildman–Crippen LogP) is 1.78. The Morgan fingerprint density at radius 1 is 1.50 bits per heavy atom. The monoisotopic (exact) mass is 257 g/mol. The Balaban J connectivity index is 2.91. The van der Waals surface area contributed by atoms with Crippen molar-refractivity contribution in [2.75, 3.05) is 30.8 Å². The first-order valence-electron chi connectivity index (χ1n) is 5.61. The van der Waals surface area contributed by atoms with Crippen LogP contribution in [0, 0.1) is 0 Å². The van der Waals surface area contributed by atoms with Gasteiger partial charge in [-0.1, -0.05) is 0 Å². The Morgan fingerprint density at radius 3 is 2.72 bits per heavy atom. The van der Waals surface area contributed by atoms with Gasteiger partial charge in [0.15, 0.2) is 0 Å². The fraction of sp³-hybridized carbons (Fsp3) is 0.417. The zero-order valence-corrected chi connectivity index (χ0v) is 10.4. The zero-order valence-electron chi connectivity index (χ0n) is 10.4. The van der Waals surface area contributed by atoms with Gasteiger partial charge in [-0.25, -0.2) is 8.78 Å². The van der Waals surface area contributed by atoms with Crippen LogP contribution in [0.3, 0.4) is 0 Å². The van der Waals surface area contributed by atoms with Gasteiger partial charge in [0.1, 0.15) is 0 Å². The first kappa shape index (κ1) is 14.2. The maximum atomic E-state index is 12.9. The van der Waals surface area contributed by atoms with Crippen LogP contribution in [-0.4, -0.2) is 26.0 Å². The summed E-state index contributed by atoms with van der Waals surface area (Å²) in [5, 5.41) is 2.61. The van der Waals surface area contributed by atoms with Crippen LogP contribution in [0.15, 0.2) is 18.2 Å². The van der Waals surface area contributed by atoms with Crippen LogP contribution in [0.2, 0.25) is 0 Å². The lowest BCUT2D eigenvalue weighted by molar-refractivity contribution is -0.119.